The minimum atomic E-state index is -0.0961. The number of nitrogens with one attached hydrogen (secondary N) is 1. The molecule has 0 atom stereocenters. The van der Waals surface area contributed by atoms with Crippen LogP contribution in [0.2, 0.25) is 0 Å². The summed E-state index contributed by atoms with van der Waals surface area (Å²) >= 11 is 0. The lowest BCUT2D eigenvalue weighted by Crippen LogP contribution is -2.43. The number of carbonyl (C=O) groups excluding carboxylic acids is 2. The van der Waals surface area contributed by atoms with Crippen LogP contribution in [0.3, 0.4) is 0 Å². The average molecular weight is 336 g/mol. The van der Waals surface area contributed by atoms with Crippen LogP contribution in [0, 0.1) is 11.8 Å². The first-order valence-corrected chi connectivity index (χ1v) is 8.76. The number of rotatable bonds is 8. The van der Waals surface area contributed by atoms with E-state index in [0.717, 1.165) is 13.0 Å². The van der Waals surface area contributed by atoms with Gasteiger partial charge in [-0.3, -0.25) is 9.59 Å². The van der Waals surface area contributed by atoms with E-state index in [-0.39, 0.29) is 17.7 Å². The number of amides is 2. The van der Waals surface area contributed by atoms with Crippen molar-refractivity contribution in [2.75, 3.05) is 32.8 Å². The molecular formula is C18H28N2O4. The van der Waals surface area contributed by atoms with Gasteiger partial charge in [0.05, 0.1) is 6.26 Å². The van der Waals surface area contributed by atoms with Crippen LogP contribution in [0.25, 0.3) is 0 Å². The molecule has 1 saturated heterocycles. The largest absolute Gasteiger partial charge is 0.459 e. The number of nitrogens with zero attached hydrogens (tertiary/aromatic N) is 1. The Balaban J connectivity index is 1.61. The molecule has 1 aliphatic heterocycles. The second kappa shape index (κ2) is 9.47. The van der Waals surface area contributed by atoms with E-state index in [1.165, 1.54) is 6.26 Å². The molecule has 134 valence electrons. The highest BCUT2D eigenvalue weighted by Gasteiger charge is 2.28. The lowest BCUT2D eigenvalue weighted by molar-refractivity contribution is -0.126. The van der Waals surface area contributed by atoms with Gasteiger partial charge in [0.25, 0.3) is 5.91 Å². The highest BCUT2D eigenvalue weighted by molar-refractivity contribution is 5.91. The van der Waals surface area contributed by atoms with Crippen LogP contribution < -0.4 is 5.32 Å². The van der Waals surface area contributed by atoms with Crippen molar-refractivity contribution in [2.45, 2.75) is 33.1 Å². The highest BCUT2D eigenvalue weighted by atomic mass is 16.5. The molecule has 1 aromatic rings. The first-order chi connectivity index (χ1) is 11.6. The Labute approximate surface area is 143 Å². The molecule has 1 fully saturated rings. The van der Waals surface area contributed by atoms with E-state index in [2.05, 4.69) is 19.2 Å². The van der Waals surface area contributed by atoms with Crippen molar-refractivity contribution >= 4 is 11.8 Å². The van der Waals surface area contributed by atoms with E-state index in [1.54, 1.807) is 17.0 Å². The zero-order valence-electron chi connectivity index (χ0n) is 14.6. The van der Waals surface area contributed by atoms with E-state index < -0.39 is 0 Å². The fraction of sp³-hybridized carbons (Fsp3) is 0.667. The average Bonchev–Trinajstić information content (AvgIpc) is 3.11. The summed E-state index contributed by atoms with van der Waals surface area (Å²) in [5.74, 6) is 0.875. The molecule has 0 unspecified atom stereocenters. The SMILES string of the molecule is CC(C)COCCCNC(=O)C1CCN(C(=O)c2ccco2)CC1. The van der Waals surface area contributed by atoms with Crippen LogP contribution in [0.4, 0.5) is 0 Å². The standard InChI is InChI=1S/C18H28N2O4/c1-14(2)13-23-11-4-8-19-17(21)15-6-9-20(10-7-15)18(22)16-5-3-12-24-16/h3,5,12,14-15H,4,6-11,13H2,1-2H3,(H,19,21). The molecule has 0 saturated carbocycles. The Morgan fingerprint density at radius 3 is 2.75 bits per heavy atom. The normalized spacial score (nSPS) is 15.7. The molecule has 1 aromatic heterocycles. The van der Waals surface area contributed by atoms with E-state index in [0.29, 0.717) is 50.8 Å². The van der Waals surface area contributed by atoms with Gasteiger partial charge < -0.3 is 19.4 Å². The van der Waals surface area contributed by atoms with Gasteiger partial charge in [0, 0.05) is 38.8 Å². The first kappa shape index (κ1) is 18.5. The van der Waals surface area contributed by atoms with Crippen molar-refractivity contribution in [2.24, 2.45) is 11.8 Å². The van der Waals surface area contributed by atoms with Gasteiger partial charge in [0.2, 0.25) is 5.91 Å². The Hall–Kier alpha value is -1.82. The van der Waals surface area contributed by atoms with Gasteiger partial charge in [-0.15, -0.1) is 0 Å². The first-order valence-electron chi connectivity index (χ1n) is 8.76. The maximum absolute atomic E-state index is 12.2. The molecule has 0 aromatic carbocycles. The van der Waals surface area contributed by atoms with Gasteiger partial charge in [-0.25, -0.2) is 0 Å². The molecular weight excluding hydrogens is 308 g/mol. The fourth-order valence-corrected chi connectivity index (χ4v) is 2.75. The molecule has 0 aliphatic carbocycles. The summed E-state index contributed by atoms with van der Waals surface area (Å²) in [7, 11) is 0. The van der Waals surface area contributed by atoms with Crippen LogP contribution >= 0.6 is 0 Å². The second-order valence-electron chi connectivity index (χ2n) is 6.66. The number of hydrogen-bond donors (Lipinski definition) is 1. The Kier molecular flexibility index (Phi) is 7.31. The number of likely N-dealkylation sites (tertiary alicyclic amines) is 1. The topological polar surface area (TPSA) is 71.8 Å². The zero-order chi connectivity index (χ0) is 17.4. The maximum atomic E-state index is 12.2. The number of furan rings is 1. The number of piperidine rings is 1. The van der Waals surface area contributed by atoms with E-state index >= 15 is 0 Å². The third kappa shape index (κ3) is 5.67. The quantitative estimate of drug-likeness (QED) is 0.740. The Morgan fingerprint density at radius 1 is 1.38 bits per heavy atom. The van der Waals surface area contributed by atoms with Crippen molar-refractivity contribution < 1.29 is 18.7 Å². The Bertz CT molecular complexity index is 505. The molecule has 1 N–H and O–H groups in total. The lowest BCUT2D eigenvalue weighted by Gasteiger charge is -2.30. The van der Waals surface area contributed by atoms with Crippen LogP contribution in [-0.2, 0) is 9.53 Å². The summed E-state index contributed by atoms with van der Waals surface area (Å²) in [6.45, 7) is 7.49. The Morgan fingerprint density at radius 2 is 2.12 bits per heavy atom. The summed E-state index contributed by atoms with van der Waals surface area (Å²) in [4.78, 5) is 26.1. The summed E-state index contributed by atoms with van der Waals surface area (Å²) < 4.78 is 10.6. The minimum absolute atomic E-state index is 0.0118. The molecule has 6 heteroatoms. The second-order valence-corrected chi connectivity index (χ2v) is 6.66. The van der Waals surface area contributed by atoms with Crippen molar-refractivity contribution in [3.8, 4) is 0 Å². The lowest BCUT2D eigenvalue weighted by atomic mass is 9.95. The molecule has 2 rings (SSSR count). The van der Waals surface area contributed by atoms with Crippen molar-refractivity contribution in [3.63, 3.8) is 0 Å². The molecule has 2 heterocycles. The third-order valence-corrected chi connectivity index (χ3v) is 4.10. The fourth-order valence-electron chi connectivity index (χ4n) is 2.75. The van der Waals surface area contributed by atoms with Crippen molar-refractivity contribution in [3.05, 3.63) is 24.2 Å². The molecule has 1 aliphatic rings. The van der Waals surface area contributed by atoms with Gasteiger partial charge in [0.15, 0.2) is 5.76 Å². The molecule has 0 spiro atoms. The summed E-state index contributed by atoms with van der Waals surface area (Å²) in [5.41, 5.74) is 0. The number of hydrogen-bond acceptors (Lipinski definition) is 4. The minimum Gasteiger partial charge on any atom is -0.459 e. The maximum Gasteiger partial charge on any atom is 0.289 e. The highest BCUT2D eigenvalue weighted by Crippen LogP contribution is 2.19. The molecule has 0 radical (unpaired) electrons. The van der Waals surface area contributed by atoms with Crippen LogP contribution in [-0.4, -0.2) is 49.6 Å². The van der Waals surface area contributed by atoms with Crippen LogP contribution in [0.1, 0.15) is 43.7 Å². The summed E-state index contributed by atoms with van der Waals surface area (Å²) in [6, 6.07) is 3.38. The number of ether oxygens (including phenoxy) is 1. The predicted octanol–water partition coefficient (Wildman–Crippen LogP) is 2.31. The van der Waals surface area contributed by atoms with Gasteiger partial charge >= 0.3 is 0 Å². The summed E-state index contributed by atoms with van der Waals surface area (Å²) in [5, 5.41) is 2.97. The smallest absolute Gasteiger partial charge is 0.289 e. The van der Waals surface area contributed by atoms with Crippen LogP contribution in [0.15, 0.2) is 22.8 Å². The van der Waals surface area contributed by atoms with Gasteiger partial charge in [-0.1, -0.05) is 13.8 Å². The van der Waals surface area contributed by atoms with Gasteiger partial charge in [-0.2, -0.15) is 0 Å². The van der Waals surface area contributed by atoms with E-state index in [1.807, 2.05) is 0 Å². The monoisotopic (exact) mass is 336 g/mol. The zero-order valence-corrected chi connectivity index (χ0v) is 14.6. The molecule has 6 nitrogen and oxygen atoms in total. The van der Waals surface area contributed by atoms with E-state index in [4.69, 9.17) is 9.15 Å². The number of carbonyl (C=O) groups is 2. The third-order valence-electron chi connectivity index (χ3n) is 4.10. The van der Waals surface area contributed by atoms with Crippen LogP contribution in [0.5, 0.6) is 0 Å². The van der Waals surface area contributed by atoms with Crippen molar-refractivity contribution in [1.82, 2.24) is 10.2 Å². The van der Waals surface area contributed by atoms with Gasteiger partial charge in [0.1, 0.15) is 0 Å². The molecule has 0 bridgehead atoms. The molecule has 2 amide bonds. The summed E-state index contributed by atoms with van der Waals surface area (Å²) in [6.07, 6.45) is 3.72. The van der Waals surface area contributed by atoms with Gasteiger partial charge in [-0.05, 0) is 37.3 Å². The molecule has 24 heavy (non-hydrogen) atoms. The van der Waals surface area contributed by atoms with Crippen molar-refractivity contribution in [1.29, 1.82) is 0 Å². The predicted molar refractivity (Wildman–Crippen MR) is 90.6 cm³/mol. The van der Waals surface area contributed by atoms with E-state index in [9.17, 15) is 9.59 Å².